The molecule has 2 fully saturated rings. The fraction of sp³-hybridized carbons (Fsp3) is 0.296. The van der Waals surface area contributed by atoms with Gasteiger partial charge in [-0.15, -0.1) is 0 Å². The molecule has 0 spiro atoms. The Morgan fingerprint density at radius 1 is 0.879 bits per heavy atom. The number of rotatable bonds is 6. The fourth-order valence-corrected chi connectivity index (χ4v) is 4.94. The first kappa shape index (κ1) is 21.5. The van der Waals surface area contributed by atoms with Crippen LogP contribution in [0.2, 0.25) is 0 Å². The van der Waals surface area contributed by atoms with E-state index in [4.69, 9.17) is 4.74 Å². The van der Waals surface area contributed by atoms with Gasteiger partial charge in [0, 0.05) is 38.4 Å². The molecule has 2 saturated heterocycles. The van der Waals surface area contributed by atoms with E-state index in [2.05, 4.69) is 21.9 Å². The second kappa shape index (κ2) is 9.24. The van der Waals surface area contributed by atoms with Crippen molar-refractivity contribution >= 4 is 17.3 Å². The van der Waals surface area contributed by atoms with Crippen LogP contribution in [0.5, 0.6) is 5.75 Å². The number of hydrogen-bond acceptors (Lipinski definition) is 4. The predicted molar refractivity (Wildman–Crippen MR) is 128 cm³/mol. The van der Waals surface area contributed by atoms with Crippen LogP contribution in [0.25, 0.3) is 0 Å². The largest absolute Gasteiger partial charge is 0.497 e. The Bertz CT molecular complexity index is 1100. The molecule has 2 aliphatic heterocycles. The van der Waals surface area contributed by atoms with Crippen molar-refractivity contribution in [1.29, 1.82) is 0 Å². The second-order valence-electron chi connectivity index (χ2n) is 8.61. The smallest absolute Gasteiger partial charge is 0.234 e. The number of ether oxygens (including phenoxy) is 1. The van der Waals surface area contributed by atoms with Crippen LogP contribution in [-0.4, -0.2) is 50.6 Å². The van der Waals surface area contributed by atoms with Crippen molar-refractivity contribution in [2.45, 2.75) is 6.04 Å². The maximum Gasteiger partial charge on any atom is 0.234 e. The van der Waals surface area contributed by atoms with E-state index in [1.807, 2.05) is 59.5 Å². The van der Waals surface area contributed by atoms with Gasteiger partial charge in [0.15, 0.2) is 0 Å². The van der Waals surface area contributed by atoms with E-state index in [1.54, 1.807) is 13.2 Å². The zero-order valence-electron chi connectivity index (χ0n) is 18.7. The van der Waals surface area contributed by atoms with Gasteiger partial charge >= 0.3 is 0 Å². The highest BCUT2D eigenvalue weighted by atomic mass is 19.1. The highest BCUT2D eigenvalue weighted by molar-refractivity contribution is 6.03. The summed E-state index contributed by atoms with van der Waals surface area (Å²) in [6.07, 6.45) is 0. The number of benzene rings is 3. The van der Waals surface area contributed by atoms with E-state index >= 15 is 0 Å². The molecule has 3 aromatic rings. The minimum atomic E-state index is -0.182. The van der Waals surface area contributed by atoms with Crippen molar-refractivity contribution in [3.05, 3.63) is 90.2 Å². The van der Waals surface area contributed by atoms with Gasteiger partial charge in [0.1, 0.15) is 11.6 Å². The third-order valence-corrected chi connectivity index (χ3v) is 6.73. The standard InChI is InChI=1S/C27H28FN3O2/c1-33-22-13-11-20(12-14-22)26-23(27(32)31(26)21-7-3-2-4-8-21)19-29-15-17-30(18-16-29)25-10-6-5-9-24(25)28/h2-14,23,26H,15-19H2,1H3/t23-,26-/m0/s1. The zero-order valence-corrected chi connectivity index (χ0v) is 18.7. The van der Waals surface area contributed by atoms with Crippen molar-refractivity contribution in [3.8, 4) is 5.75 Å². The van der Waals surface area contributed by atoms with Gasteiger partial charge in [0.05, 0.1) is 24.8 Å². The summed E-state index contributed by atoms with van der Waals surface area (Å²) >= 11 is 0. The lowest BCUT2D eigenvalue weighted by Crippen LogP contribution is -2.60. The van der Waals surface area contributed by atoms with Gasteiger partial charge in [-0.05, 0) is 42.0 Å². The Kier molecular flexibility index (Phi) is 6.01. The molecule has 2 aliphatic rings. The van der Waals surface area contributed by atoms with E-state index in [-0.39, 0.29) is 23.7 Å². The minimum Gasteiger partial charge on any atom is -0.497 e. The van der Waals surface area contributed by atoms with Crippen LogP contribution in [0.3, 0.4) is 0 Å². The van der Waals surface area contributed by atoms with Crippen molar-refractivity contribution in [2.75, 3.05) is 49.6 Å². The molecule has 0 N–H and O–H groups in total. The minimum absolute atomic E-state index is 0.0181. The number of methoxy groups -OCH3 is 1. The van der Waals surface area contributed by atoms with E-state index in [0.717, 1.165) is 43.2 Å². The summed E-state index contributed by atoms with van der Waals surface area (Å²) in [4.78, 5) is 19.6. The van der Waals surface area contributed by atoms with Crippen LogP contribution in [0.4, 0.5) is 15.8 Å². The number of nitrogens with zero attached hydrogens (tertiary/aromatic N) is 3. The summed E-state index contributed by atoms with van der Waals surface area (Å²) in [5.74, 6) is 0.659. The Morgan fingerprint density at radius 3 is 2.21 bits per heavy atom. The van der Waals surface area contributed by atoms with Gasteiger partial charge in [-0.3, -0.25) is 9.69 Å². The monoisotopic (exact) mass is 445 g/mol. The summed E-state index contributed by atoms with van der Waals surface area (Å²) in [6, 6.07) is 24.8. The highest BCUT2D eigenvalue weighted by Crippen LogP contribution is 2.44. The summed E-state index contributed by atoms with van der Waals surface area (Å²) < 4.78 is 19.5. The van der Waals surface area contributed by atoms with Gasteiger partial charge in [-0.1, -0.05) is 42.5 Å². The third-order valence-electron chi connectivity index (χ3n) is 6.73. The number of piperazine rings is 1. The predicted octanol–water partition coefficient (Wildman–Crippen LogP) is 4.36. The molecule has 0 radical (unpaired) electrons. The Morgan fingerprint density at radius 2 is 1.55 bits per heavy atom. The second-order valence-corrected chi connectivity index (χ2v) is 8.61. The topological polar surface area (TPSA) is 36.0 Å². The summed E-state index contributed by atoms with van der Waals surface area (Å²) in [5.41, 5.74) is 2.68. The molecule has 3 aromatic carbocycles. The van der Waals surface area contributed by atoms with Crippen LogP contribution < -0.4 is 14.5 Å². The normalized spacial score (nSPS) is 21.1. The number of carbonyl (C=O) groups is 1. The molecule has 33 heavy (non-hydrogen) atoms. The average molecular weight is 446 g/mol. The van der Waals surface area contributed by atoms with Crippen LogP contribution >= 0.6 is 0 Å². The van der Waals surface area contributed by atoms with Crippen molar-refractivity contribution < 1.29 is 13.9 Å². The molecule has 1 amide bonds. The molecule has 5 nitrogen and oxygen atoms in total. The molecular weight excluding hydrogens is 417 g/mol. The number of carbonyl (C=O) groups excluding carboxylic acids is 1. The molecule has 0 aliphatic carbocycles. The lowest BCUT2D eigenvalue weighted by molar-refractivity contribution is -0.131. The molecule has 170 valence electrons. The van der Waals surface area contributed by atoms with E-state index in [9.17, 15) is 9.18 Å². The van der Waals surface area contributed by atoms with Crippen molar-refractivity contribution in [1.82, 2.24) is 4.90 Å². The van der Waals surface area contributed by atoms with Crippen molar-refractivity contribution in [3.63, 3.8) is 0 Å². The number of para-hydroxylation sites is 2. The van der Waals surface area contributed by atoms with E-state index < -0.39 is 0 Å². The lowest BCUT2D eigenvalue weighted by atomic mass is 9.81. The molecule has 0 aromatic heterocycles. The molecule has 5 rings (SSSR count). The van der Waals surface area contributed by atoms with Crippen molar-refractivity contribution in [2.24, 2.45) is 5.92 Å². The first-order valence-electron chi connectivity index (χ1n) is 11.4. The maximum absolute atomic E-state index is 14.2. The van der Waals surface area contributed by atoms with Gasteiger partial charge in [-0.25, -0.2) is 4.39 Å². The number of anilines is 2. The Hall–Kier alpha value is -3.38. The quantitative estimate of drug-likeness (QED) is 0.528. The lowest BCUT2D eigenvalue weighted by Gasteiger charge is -2.49. The van der Waals surface area contributed by atoms with Crippen LogP contribution in [0.15, 0.2) is 78.9 Å². The number of halogens is 1. The first-order valence-corrected chi connectivity index (χ1v) is 11.4. The van der Waals surface area contributed by atoms with Gasteiger partial charge in [0.2, 0.25) is 5.91 Å². The number of β-lactam (4-membered cyclic amide) rings is 1. The van der Waals surface area contributed by atoms with Crippen LogP contribution in [0.1, 0.15) is 11.6 Å². The summed E-state index contributed by atoms with van der Waals surface area (Å²) in [6.45, 7) is 3.80. The summed E-state index contributed by atoms with van der Waals surface area (Å²) in [5, 5.41) is 0. The number of hydrogen-bond donors (Lipinski definition) is 0. The van der Waals surface area contributed by atoms with E-state index in [0.29, 0.717) is 12.2 Å². The van der Waals surface area contributed by atoms with Gasteiger partial charge in [0.25, 0.3) is 0 Å². The molecule has 2 heterocycles. The number of amides is 1. The molecule has 2 atom stereocenters. The molecule has 0 saturated carbocycles. The SMILES string of the molecule is COc1ccc([C@H]2[C@H](CN3CCN(c4ccccc4F)CC3)C(=O)N2c2ccccc2)cc1. The first-order chi connectivity index (χ1) is 16.2. The molecule has 0 unspecified atom stereocenters. The summed E-state index contributed by atoms with van der Waals surface area (Å²) in [7, 11) is 1.65. The average Bonchev–Trinajstić information content (AvgIpc) is 2.87. The van der Waals surface area contributed by atoms with Gasteiger partial charge in [-0.2, -0.15) is 0 Å². The van der Waals surface area contributed by atoms with Crippen LogP contribution in [-0.2, 0) is 4.79 Å². The van der Waals surface area contributed by atoms with E-state index in [1.165, 1.54) is 6.07 Å². The Labute approximate surface area is 194 Å². The van der Waals surface area contributed by atoms with Gasteiger partial charge < -0.3 is 14.5 Å². The highest BCUT2D eigenvalue weighted by Gasteiger charge is 2.49. The molecule has 0 bridgehead atoms. The third kappa shape index (κ3) is 4.18. The molecular formula is C27H28FN3O2. The van der Waals surface area contributed by atoms with Crippen LogP contribution in [0, 0.1) is 11.7 Å². The fourth-order valence-electron chi connectivity index (χ4n) is 4.94. The Balaban J connectivity index is 1.31. The zero-order chi connectivity index (χ0) is 22.8. The maximum atomic E-state index is 14.2. The molecule has 6 heteroatoms.